The molecular formula is C15H15BrN2O. The molecule has 0 aliphatic carbocycles. The minimum absolute atomic E-state index is 0.0405. The van der Waals surface area contributed by atoms with Gasteiger partial charge in [0.05, 0.1) is 4.60 Å². The van der Waals surface area contributed by atoms with Gasteiger partial charge in [-0.2, -0.15) is 0 Å². The van der Waals surface area contributed by atoms with Gasteiger partial charge in [-0.3, -0.25) is 9.36 Å². The third-order valence-electron chi connectivity index (χ3n) is 3.47. The number of fused-ring (bicyclic) bond motifs is 1. The summed E-state index contributed by atoms with van der Waals surface area (Å²) < 4.78 is 2.64. The van der Waals surface area contributed by atoms with Gasteiger partial charge in [0.2, 0.25) is 0 Å². The van der Waals surface area contributed by atoms with Crippen LogP contribution >= 0.6 is 15.9 Å². The van der Waals surface area contributed by atoms with E-state index < -0.39 is 0 Å². The number of carbonyl (C=O) groups excluding carboxylic acids is 1. The number of nitrogens with one attached hydrogen (secondary N) is 1. The number of hydrogen-bond acceptors (Lipinski definition) is 2. The fourth-order valence-electron chi connectivity index (χ4n) is 2.55. The molecule has 1 aromatic heterocycles. The molecule has 1 aliphatic rings. The second-order valence-electron chi connectivity index (χ2n) is 4.88. The number of carbonyl (C=O) groups is 1. The molecule has 0 unspecified atom stereocenters. The molecule has 2 heterocycles. The van der Waals surface area contributed by atoms with Crippen LogP contribution in [0.25, 0.3) is 0 Å². The molecule has 0 saturated heterocycles. The minimum atomic E-state index is 0.0405. The first-order valence-corrected chi connectivity index (χ1v) is 7.17. The van der Waals surface area contributed by atoms with E-state index in [1.54, 1.807) is 4.57 Å². The quantitative estimate of drug-likeness (QED) is 0.877. The number of benzene rings is 1. The van der Waals surface area contributed by atoms with Crippen molar-refractivity contribution in [3.8, 4) is 0 Å². The van der Waals surface area contributed by atoms with E-state index in [-0.39, 0.29) is 5.91 Å². The van der Waals surface area contributed by atoms with E-state index in [4.69, 9.17) is 0 Å². The first kappa shape index (κ1) is 12.6. The monoisotopic (exact) mass is 318 g/mol. The maximum atomic E-state index is 12.7. The molecule has 1 aliphatic heterocycles. The van der Waals surface area contributed by atoms with Gasteiger partial charge in [-0.05, 0) is 46.6 Å². The lowest BCUT2D eigenvalue weighted by molar-refractivity contribution is 0.0954. The van der Waals surface area contributed by atoms with Gasteiger partial charge in [-0.15, -0.1) is 0 Å². The highest BCUT2D eigenvalue weighted by Gasteiger charge is 2.21. The van der Waals surface area contributed by atoms with Gasteiger partial charge in [0.15, 0.2) is 0 Å². The van der Waals surface area contributed by atoms with Crippen LogP contribution in [-0.4, -0.2) is 17.0 Å². The molecule has 0 radical (unpaired) electrons. The molecule has 4 heteroatoms. The summed E-state index contributed by atoms with van der Waals surface area (Å²) in [5.41, 5.74) is 4.17. The van der Waals surface area contributed by atoms with Gasteiger partial charge in [-0.25, -0.2) is 0 Å². The fourth-order valence-corrected chi connectivity index (χ4v) is 3.20. The Morgan fingerprint density at radius 3 is 3.00 bits per heavy atom. The Bertz CT molecular complexity index is 646. The van der Waals surface area contributed by atoms with E-state index >= 15 is 0 Å². The second-order valence-corrected chi connectivity index (χ2v) is 5.69. The summed E-state index contributed by atoms with van der Waals surface area (Å²) >= 11 is 3.51. The number of aromatic nitrogens is 1. The van der Waals surface area contributed by atoms with Crippen molar-refractivity contribution >= 4 is 21.8 Å². The molecule has 0 saturated carbocycles. The normalized spacial score (nSPS) is 14.2. The lowest BCUT2D eigenvalue weighted by Gasteiger charge is -2.16. The Morgan fingerprint density at radius 1 is 1.37 bits per heavy atom. The van der Waals surface area contributed by atoms with Gasteiger partial charge in [-0.1, -0.05) is 17.7 Å². The highest BCUT2D eigenvalue weighted by Crippen LogP contribution is 2.25. The van der Waals surface area contributed by atoms with Gasteiger partial charge < -0.3 is 5.32 Å². The lowest BCUT2D eigenvalue weighted by Crippen LogP contribution is -2.26. The molecule has 0 bridgehead atoms. The first-order valence-electron chi connectivity index (χ1n) is 6.38. The molecule has 0 fully saturated rings. The summed E-state index contributed by atoms with van der Waals surface area (Å²) in [5.74, 6) is 0.0405. The zero-order valence-corrected chi connectivity index (χ0v) is 12.3. The maximum absolute atomic E-state index is 12.7. The standard InChI is InChI=1S/C15H15BrN2O/c1-10-3-2-4-11(7-10)15(19)18-13-5-6-17-9-12(13)8-14(18)16/h2-4,7-8,17H,5-6,9H2,1H3. The Morgan fingerprint density at radius 2 is 2.21 bits per heavy atom. The highest BCUT2D eigenvalue weighted by molar-refractivity contribution is 9.10. The van der Waals surface area contributed by atoms with E-state index in [9.17, 15) is 4.79 Å². The molecule has 3 rings (SSSR count). The van der Waals surface area contributed by atoms with Crippen LogP contribution in [0.5, 0.6) is 0 Å². The van der Waals surface area contributed by atoms with Gasteiger partial charge in [0, 0.05) is 30.8 Å². The summed E-state index contributed by atoms with van der Waals surface area (Å²) in [4.78, 5) is 12.7. The van der Waals surface area contributed by atoms with Crippen LogP contribution < -0.4 is 5.32 Å². The molecule has 0 atom stereocenters. The largest absolute Gasteiger partial charge is 0.312 e. The number of rotatable bonds is 1. The molecule has 0 amide bonds. The first-order chi connectivity index (χ1) is 9.16. The van der Waals surface area contributed by atoms with Crippen molar-refractivity contribution in [2.24, 2.45) is 0 Å². The summed E-state index contributed by atoms with van der Waals surface area (Å²) in [6.45, 7) is 3.76. The van der Waals surface area contributed by atoms with E-state index in [2.05, 4.69) is 21.2 Å². The summed E-state index contributed by atoms with van der Waals surface area (Å²) in [6.07, 6.45) is 0.887. The van der Waals surface area contributed by atoms with Crippen molar-refractivity contribution in [2.75, 3.05) is 6.54 Å². The Hall–Kier alpha value is -1.39. The van der Waals surface area contributed by atoms with Crippen molar-refractivity contribution in [3.05, 3.63) is 57.3 Å². The SMILES string of the molecule is Cc1cccc(C(=O)n2c(Br)cc3c2CCNC3)c1. The van der Waals surface area contributed by atoms with Crippen LogP contribution in [-0.2, 0) is 13.0 Å². The van der Waals surface area contributed by atoms with Gasteiger partial charge in [0.1, 0.15) is 0 Å². The van der Waals surface area contributed by atoms with Crippen molar-refractivity contribution in [1.82, 2.24) is 9.88 Å². The second kappa shape index (κ2) is 4.94. The zero-order valence-electron chi connectivity index (χ0n) is 10.7. The average Bonchev–Trinajstić information content (AvgIpc) is 2.74. The predicted octanol–water partition coefficient (Wildman–Crippen LogP) is 2.89. The van der Waals surface area contributed by atoms with E-state index in [0.29, 0.717) is 0 Å². The van der Waals surface area contributed by atoms with Crippen LogP contribution in [0.3, 0.4) is 0 Å². The Labute approximate surface area is 120 Å². The minimum Gasteiger partial charge on any atom is -0.312 e. The van der Waals surface area contributed by atoms with Crippen LogP contribution in [0.2, 0.25) is 0 Å². The molecule has 98 valence electrons. The van der Waals surface area contributed by atoms with Crippen molar-refractivity contribution in [3.63, 3.8) is 0 Å². The Balaban J connectivity index is 2.07. The summed E-state index contributed by atoms with van der Waals surface area (Å²) in [6, 6.07) is 9.77. The topological polar surface area (TPSA) is 34.0 Å². The molecule has 0 spiro atoms. The van der Waals surface area contributed by atoms with Crippen LogP contribution in [0, 0.1) is 6.92 Å². The number of aryl methyl sites for hydroxylation is 1. The molecule has 1 N–H and O–H groups in total. The molecule has 2 aromatic rings. The van der Waals surface area contributed by atoms with Crippen LogP contribution in [0.1, 0.15) is 27.2 Å². The van der Waals surface area contributed by atoms with Crippen LogP contribution in [0.4, 0.5) is 0 Å². The smallest absolute Gasteiger partial charge is 0.263 e. The fraction of sp³-hybridized carbons (Fsp3) is 0.267. The van der Waals surface area contributed by atoms with Crippen molar-refractivity contribution < 1.29 is 4.79 Å². The van der Waals surface area contributed by atoms with E-state index in [0.717, 1.165) is 40.9 Å². The third-order valence-corrected chi connectivity index (χ3v) is 4.05. The number of halogens is 1. The molecule has 3 nitrogen and oxygen atoms in total. The number of hydrogen-bond donors (Lipinski definition) is 1. The van der Waals surface area contributed by atoms with E-state index in [1.165, 1.54) is 5.56 Å². The van der Waals surface area contributed by atoms with Crippen molar-refractivity contribution in [1.29, 1.82) is 0 Å². The van der Waals surface area contributed by atoms with Crippen LogP contribution in [0.15, 0.2) is 34.9 Å². The average molecular weight is 319 g/mol. The predicted molar refractivity (Wildman–Crippen MR) is 78.5 cm³/mol. The molecule has 1 aromatic carbocycles. The lowest BCUT2D eigenvalue weighted by atomic mass is 10.1. The summed E-state index contributed by atoms with van der Waals surface area (Å²) in [7, 11) is 0. The summed E-state index contributed by atoms with van der Waals surface area (Å²) in [5, 5.41) is 3.32. The van der Waals surface area contributed by atoms with Gasteiger partial charge >= 0.3 is 0 Å². The third kappa shape index (κ3) is 2.26. The van der Waals surface area contributed by atoms with Gasteiger partial charge in [0.25, 0.3) is 5.91 Å². The van der Waals surface area contributed by atoms with E-state index in [1.807, 2.05) is 37.3 Å². The molecular weight excluding hydrogens is 304 g/mol. The Kier molecular flexibility index (Phi) is 3.29. The zero-order chi connectivity index (χ0) is 13.4. The highest BCUT2D eigenvalue weighted by atomic mass is 79.9. The molecule has 19 heavy (non-hydrogen) atoms. The maximum Gasteiger partial charge on any atom is 0.263 e. The number of nitrogens with zero attached hydrogens (tertiary/aromatic N) is 1. The van der Waals surface area contributed by atoms with Crippen molar-refractivity contribution in [2.45, 2.75) is 19.9 Å².